The number of carbonyl (C=O) groups is 1. The smallest absolute Gasteiger partial charge is 0.253 e. The van der Waals surface area contributed by atoms with E-state index in [0.717, 1.165) is 6.42 Å². The molecule has 2 N–H and O–H groups in total. The molecule has 0 spiro atoms. The van der Waals surface area contributed by atoms with E-state index in [1.54, 1.807) is 18.2 Å². The number of para-hydroxylation sites is 1. The van der Waals surface area contributed by atoms with Crippen molar-refractivity contribution >= 4 is 33.2 Å². The molecule has 0 heterocycles. The molecule has 106 valence electrons. The standard InChI is InChI=1S/C12H17ClN2O3S/c1-3-9(2)14-12(16)10-6-4-5-7-11(10)15-19(17,18)8-13/h4-7,9,15H,3,8H2,1-2H3,(H,14,16). The van der Waals surface area contributed by atoms with E-state index in [2.05, 4.69) is 10.0 Å². The predicted octanol–water partition coefficient (Wildman–Crippen LogP) is 2.15. The number of nitrogens with one attached hydrogen (secondary N) is 2. The van der Waals surface area contributed by atoms with Crippen molar-refractivity contribution in [3.63, 3.8) is 0 Å². The Bertz CT molecular complexity index is 546. The molecule has 1 rings (SSSR count). The van der Waals surface area contributed by atoms with E-state index in [-0.39, 0.29) is 23.2 Å². The zero-order chi connectivity index (χ0) is 14.5. The van der Waals surface area contributed by atoms with Gasteiger partial charge in [0.2, 0.25) is 10.0 Å². The van der Waals surface area contributed by atoms with Crippen molar-refractivity contribution in [1.29, 1.82) is 0 Å². The van der Waals surface area contributed by atoms with Gasteiger partial charge in [0.1, 0.15) is 5.21 Å². The fourth-order valence-electron chi connectivity index (χ4n) is 1.37. The van der Waals surface area contributed by atoms with Crippen molar-refractivity contribution in [2.75, 3.05) is 9.93 Å². The summed E-state index contributed by atoms with van der Waals surface area (Å²) in [4.78, 5) is 12.0. The van der Waals surface area contributed by atoms with Crippen molar-refractivity contribution in [2.45, 2.75) is 26.3 Å². The van der Waals surface area contributed by atoms with Crippen LogP contribution in [0.5, 0.6) is 0 Å². The van der Waals surface area contributed by atoms with Crippen molar-refractivity contribution in [3.05, 3.63) is 29.8 Å². The minimum Gasteiger partial charge on any atom is -0.350 e. The molecule has 0 saturated heterocycles. The van der Waals surface area contributed by atoms with Crippen molar-refractivity contribution in [1.82, 2.24) is 5.32 Å². The van der Waals surface area contributed by atoms with Gasteiger partial charge in [0.25, 0.3) is 5.91 Å². The summed E-state index contributed by atoms with van der Waals surface area (Å²) < 4.78 is 25.2. The zero-order valence-corrected chi connectivity index (χ0v) is 12.4. The number of amides is 1. The first kappa shape index (κ1) is 15.8. The highest BCUT2D eigenvalue weighted by Gasteiger charge is 2.16. The fraction of sp³-hybridized carbons (Fsp3) is 0.417. The van der Waals surface area contributed by atoms with E-state index < -0.39 is 15.2 Å². The first-order valence-electron chi connectivity index (χ1n) is 5.86. The second-order valence-electron chi connectivity index (χ2n) is 4.15. The lowest BCUT2D eigenvalue weighted by atomic mass is 10.1. The maximum Gasteiger partial charge on any atom is 0.253 e. The van der Waals surface area contributed by atoms with Crippen LogP contribution >= 0.6 is 11.6 Å². The first-order chi connectivity index (χ1) is 8.89. The summed E-state index contributed by atoms with van der Waals surface area (Å²) in [6.45, 7) is 3.83. The average molecular weight is 305 g/mol. The molecule has 1 amide bonds. The lowest BCUT2D eigenvalue weighted by Gasteiger charge is -2.14. The molecular formula is C12H17ClN2O3S. The third-order valence-electron chi connectivity index (χ3n) is 2.57. The summed E-state index contributed by atoms with van der Waals surface area (Å²) in [6.07, 6.45) is 0.793. The Morgan fingerprint density at radius 1 is 1.37 bits per heavy atom. The molecule has 0 saturated carbocycles. The van der Waals surface area contributed by atoms with Crippen LogP contribution < -0.4 is 10.0 Å². The summed E-state index contributed by atoms with van der Waals surface area (Å²) in [5.41, 5.74) is 0.500. The van der Waals surface area contributed by atoms with Crippen LogP contribution in [0.25, 0.3) is 0 Å². The van der Waals surface area contributed by atoms with Crippen LogP contribution in [0.1, 0.15) is 30.6 Å². The highest BCUT2D eigenvalue weighted by Crippen LogP contribution is 2.17. The number of anilines is 1. The van der Waals surface area contributed by atoms with Gasteiger partial charge in [0.05, 0.1) is 11.3 Å². The number of carbonyl (C=O) groups excluding carboxylic acids is 1. The summed E-state index contributed by atoms with van der Waals surface area (Å²) in [5, 5.41) is 2.22. The Balaban J connectivity index is 2.99. The first-order valence-corrected chi connectivity index (χ1v) is 8.04. The van der Waals surface area contributed by atoms with Gasteiger partial charge in [-0.05, 0) is 25.5 Å². The number of sulfonamides is 1. The predicted molar refractivity (Wildman–Crippen MR) is 76.9 cm³/mol. The van der Waals surface area contributed by atoms with Crippen LogP contribution in [0.4, 0.5) is 5.69 Å². The topological polar surface area (TPSA) is 75.3 Å². The largest absolute Gasteiger partial charge is 0.350 e. The number of rotatable bonds is 6. The molecular weight excluding hydrogens is 288 g/mol. The van der Waals surface area contributed by atoms with E-state index in [4.69, 9.17) is 11.6 Å². The SMILES string of the molecule is CCC(C)NC(=O)c1ccccc1NS(=O)(=O)CCl. The van der Waals surface area contributed by atoms with E-state index in [1.165, 1.54) is 6.07 Å². The van der Waals surface area contributed by atoms with Gasteiger partial charge >= 0.3 is 0 Å². The molecule has 0 fully saturated rings. The average Bonchev–Trinajstić information content (AvgIpc) is 2.38. The number of halogens is 1. The molecule has 0 bridgehead atoms. The van der Waals surface area contributed by atoms with Gasteiger partial charge in [-0.1, -0.05) is 19.1 Å². The molecule has 19 heavy (non-hydrogen) atoms. The molecule has 0 radical (unpaired) electrons. The molecule has 1 aromatic rings. The Morgan fingerprint density at radius 3 is 2.58 bits per heavy atom. The summed E-state index contributed by atoms with van der Waals surface area (Å²) in [6, 6.07) is 6.42. The highest BCUT2D eigenvalue weighted by molar-refractivity contribution is 7.93. The highest BCUT2D eigenvalue weighted by atomic mass is 35.5. The lowest BCUT2D eigenvalue weighted by molar-refractivity contribution is 0.0940. The zero-order valence-electron chi connectivity index (χ0n) is 10.8. The van der Waals surface area contributed by atoms with Crippen LogP contribution in [-0.4, -0.2) is 25.6 Å². The molecule has 7 heteroatoms. The van der Waals surface area contributed by atoms with Crippen LogP contribution in [0, 0.1) is 0 Å². The number of benzene rings is 1. The molecule has 0 aliphatic carbocycles. The number of alkyl halides is 1. The molecule has 1 atom stereocenters. The van der Waals surface area contributed by atoms with Crippen LogP contribution in [0.15, 0.2) is 24.3 Å². The molecule has 1 unspecified atom stereocenters. The van der Waals surface area contributed by atoms with E-state index >= 15 is 0 Å². The van der Waals surface area contributed by atoms with Crippen molar-refractivity contribution < 1.29 is 13.2 Å². The Kier molecular flexibility index (Phi) is 5.62. The molecule has 0 aromatic heterocycles. The van der Waals surface area contributed by atoms with E-state index in [1.807, 2.05) is 13.8 Å². The van der Waals surface area contributed by atoms with Crippen molar-refractivity contribution in [3.8, 4) is 0 Å². The Hall–Kier alpha value is -1.27. The maximum absolute atomic E-state index is 12.0. The third-order valence-corrected chi connectivity index (χ3v) is 4.25. The van der Waals surface area contributed by atoms with Gasteiger partial charge in [-0.3, -0.25) is 9.52 Å². The van der Waals surface area contributed by atoms with E-state index in [0.29, 0.717) is 0 Å². The normalized spacial score (nSPS) is 12.8. The number of hydrogen-bond acceptors (Lipinski definition) is 3. The minimum atomic E-state index is -3.63. The van der Waals surface area contributed by atoms with Crippen LogP contribution in [0.3, 0.4) is 0 Å². The van der Waals surface area contributed by atoms with Gasteiger partial charge < -0.3 is 5.32 Å². The molecule has 0 aliphatic rings. The molecule has 5 nitrogen and oxygen atoms in total. The van der Waals surface area contributed by atoms with Crippen LogP contribution in [0.2, 0.25) is 0 Å². The summed E-state index contributed by atoms with van der Waals surface area (Å²) in [7, 11) is -3.63. The monoisotopic (exact) mass is 304 g/mol. The van der Waals surface area contributed by atoms with E-state index in [9.17, 15) is 13.2 Å². The maximum atomic E-state index is 12.0. The summed E-state index contributed by atoms with van der Waals surface area (Å²) >= 11 is 5.33. The second kappa shape index (κ2) is 6.77. The van der Waals surface area contributed by atoms with Gasteiger partial charge in [-0.15, -0.1) is 11.6 Å². The van der Waals surface area contributed by atoms with Crippen LogP contribution in [-0.2, 0) is 10.0 Å². The third kappa shape index (κ3) is 4.72. The van der Waals surface area contributed by atoms with Gasteiger partial charge in [0.15, 0.2) is 0 Å². The fourth-order valence-corrected chi connectivity index (χ4v) is 2.10. The second-order valence-corrected chi connectivity index (χ2v) is 6.46. The Labute approximate surface area is 118 Å². The quantitative estimate of drug-likeness (QED) is 0.791. The van der Waals surface area contributed by atoms with Gasteiger partial charge in [-0.25, -0.2) is 8.42 Å². The van der Waals surface area contributed by atoms with Gasteiger partial charge in [-0.2, -0.15) is 0 Å². The van der Waals surface area contributed by atoms with Crippen molar-refractivity contribution in [2.24, 2.45) is 0 Å². The molecule has 1 aromatic carbocycles. The van der Waals surface area contributed by atoms with Gasteiger partial charge in [0, 0.05) is 6.04 Å². The Morgan fingerprint density at radius 2 is 2.00 bits per heavy atom. The number of hydrogen-bond donors (Lipinski definition) is 2. The minimum absolute atomic E-state index is 0.0187. The molecule has 0 aliphatic heterocycles. The summed E-state index contributed by atoms with van der Waals surface area (Å²) in [5.74, 6) is -0.317. The lowest BCUT2D eigenvalue weighted by Crippen LogP contribution is -2.32.